The number of hydrogen-bond donors (Lipinski definition) is 1. The number of hydrogen-bond acceptors (Lipinski definition) is 2. The average Bonchev–Trinajstić information content (AvgIpc) is 3.20. The van der Waals surface area contributed by atoms with Gasteiger partial charge in [0.1, 0.15) is 0 Å². The number of allylic oxidation sites excluding steroid dienone is 12. The maximum Gasteiger partial charge on any atom is 0.220 e. The van der Waals surface area contributed by atoms with Crippen LogP contribution in [0.25, 0.3) is 0 Å². The smallest absolute Gasteiger partial charge is 0.220 e. The molecule has 1 atom stereocenters. The number of nitrogens with zero attached hydrogens (tertiary/aromatic N) is 1. The summed E-state index contributed by atoms with van der Waals surface area (Å²) in [5, 5.41) is 3.06. The molecule has 1 heterocycles. The van der Waals surface area contributed by atoms with E-state index in [0.29, 0.717) is 12.5 Å². The van der Waals surface area contributed by atoms with Crippen molar-refractivity contribution < 1.29 is 4.79 Å². The van der Waals surface area contributed by atoms with Gasteiger partial charge in [-0.2, -0.15) is 0 Å². The second-order valence-electron chi connectivity index (χ2n) is 8.37. The van der Waals surface area contributed by atoms with Crippen molar-refractivity contribution in [2.24, 2.45) is 0 Å². The number of likely N-dealkylation sites (tertiary alicyclic amines) is 1. The number of carbonyl (C=O) groups is 1. The van der Waals surface area contributed by atoms with Crippen LogP contribution in [-0.4, -0.2) is 37.0 Å². The maximum atomic E-state index is 11.9. The number of rotatable bonds is 17. The lowest BCUT2D eigenvalue weighted by molar-refractivity contribution is -0.121. The topological polar surface area (TPSA) is 32.3 Å². The fourth-order valence-electron chi connectivity index (χ4n) is 3.66. The van der Waals surface area contributed by atoms with Gasteiger partial charge in [0.05, 0.1) is 0 Å². The van der Waals surface area contributed by atoms with Crippen LogP contribution in [0.4, 0.5) is 0 Å². The molecule has 1 saturated heterocycles. The van der Waals surface area contributed by atoms with E-state index < -0.39 is 0 Å². The van der Waals surface area contributed by atoms with Crippen molar-refractivity contribution in [1.82, 2.24) is 10.2 Å². The van der Waals surface area contributed by atoms with Crippen LogP contribution in [0.1, 0.15) is 77.6 Å². The molecule has 1 unspecified atom stereocenters. The molecule has 1 aliphatic rings. The Labute approximate surface area is 197 Å². The van der Waals surface area contributed by atoms with Crippen molar-refractivity contribution in [1.29, 1.82) is 0 Å². The van der Waals surface area contributed by atoms with Gasteiger partial charge in [0.2, 0.25) is 5.91 Å². The highest BCUT2D eigenvalue weighted by Gasteiger charge is 2.20. The Bertz CT molecular complexity index is 640. The Morgan fingerprint density at radius 3 is 1.78 bits per heavy atom. The lowest BCUT2D eigenvalue weighted by Crippen LogP contribution is -2.31. The average molecular weight is 439 g/mol. The van der Waals surface area contributed by atoms with E-state index in [0.717, 1.165) is 57.9 Å². The normalized spacial score (nSPS) is 18.1. The zero-order chi connectivity index (χ0) is 23.1. The van der Waals surface area contributed by atoms with Gasteiger partial charge in [0.15, 0.2) is 0 Å². The molecule has 1 aliphatic heterocycles. The predicted octanol–water partition coefficient (Wildman–Crippen LogP) is 7.06. The first-order chi connectivity index (χ1) is 15.7. The van der Waals surface area contributed by atoms with E-state index in [2.05, 4.69) is 97.1 Å². The molecule has 0 aromatic heterocycles. The lowest BCUT2D eigenvalue weighted by atomic mass is 10.1. The molecule has 1 fully saturated rings. The second-order valence-corrected chi connectivity index (χ2v) is 8.37. The molecule has 0 aromatic rings. The van der Waals surface area contributed by atoms with E-state index in [1.165, 1.54) is 19.4 Å². The summed E-state index contributed by atoms with van der Waals surface area (Å²) in [5.74, 6) is 0.171. The van der Waals surface area contributed by atoms with Crippen LogP contribution in [0.5, 0.6) is 0 Å². The molecule has 1 N–H and O–H groups in total. The van der Waals surface area contributed by atoms with Gasteiger partial charge < -0.3 is 10.2 Å². The minimum Gasteiger partial charge on any atom is -0.356 e. The molecule has 1 amide bonds. The summed E-state index contributed by atoms with van der Waals surface area (Å²) in [7, 11) is 2.18. The van der Waals surface area contributed by atoms with E-state index in [-0.39, 0.29) is 5.91 Å². The minimum absolute atomic E-state index is 0.171. The first kappa shape index (κ1) is 27.9. The third-order valence-electron chi connectivity index (χ3n) is 5.61. The summed E-state index contributed by atoms with van der Waals surface area (Å²) in [6.07, 6.45) is 37.5. The fourth-order valence-corrected chi connectivity index (χ4v) is 3.66. The Morgan fingerprint density at radius 2 is 1.31 bits per heavy atom. The summed E-state index contributed by atoms with van der Waals surface area (Å²) in [6.45, 7) is 4.16. The van der Waals surface area contributed by atoms with Crippen molar-refractivity contribution in [3.63, 3.8) is 0 Å². The van der Waals surface area contributed by atoms with Gasteiger partial charge in [0, 0.05) is 19.0 Å². The van der Waals surface area contributed by atoms with Gasteiger partial charge in [-0.05, 0) is 77.8 Å². The summed E-state index contributed by atoms with van der Waals surface area (Å²) in [5.41, 5.74) is 0. The first-order valence-corrected chi connectivity index (χ1v) is 12.6. The number of carbonyl (C=O) groups excluding carboxylic acids is 1. The summed E-state index contributed by atoms with van der Waals surface area (Å²) < 4.78 is 0. The van der Waals surface area contributed by atoms with Crippen LogP contribution in [0.3, 0.4) is 0 Å². The Kier molecular flexibility index (Phi) is 18.1. The molecule has 3 heteroatoms. The highest BCUT2D eigenvalue weighted by Crippen LogP contribution is 2.16. The molecule has 178 valence electrons. The molecule has 1 rings (SSSR count). The van der Waals surface area contributed by atoms with Gasteiger partial charge in [-0.3, -0.25) is 4.79 Å². The Hall–Kier alpha value is -2.13. The van der Waals surface area contributed by atoms with Gasteiger partial charge in [-0.1, -0.05) is 79.8 Å². The minimum atomic E-state index is 0.171. The summed E-state index contributed by atoms with van der Waals surface area (Å²) >= 11 is 0. The van der Waals surface area contributed by atoms with E-state index in [4.69, 9.17) is 0 Å². The Morgan fingerprint density at radius 1 is 0.812 bits per heavy atom. The first-order valence-electron chi connectivity index (χ1n) is 12.6. The van der Waals surface area contributed by atoms with Crippen molar-refractivity contribution in [2.45, 2.75) is 83.6 Å². The van der Waals surface area contributed by atoms with Gasteiger partial charge in [0.25, 0.3) is 0 Å². The molecular formula is C29H46N2O. The van der Waals surface area contributed by atoms with Crippen LogP contribution < -0.4 is 5.32 Å². The van der Waals surface area contributed by atoms with Crippen molar-refractivity contribution in [2.75, 3.05) is 20.1 Å². The molecular weight excluding hydrogens is 392 g/mol. The van der Waals surface area contributed by atoms with Crippen molar-refractivity contribution in [3.05, 3.63) is 72.9 Å². The van der Waals surface area contributed by atoms with Crippen molar-refractivity contribution >= 4 is 5.91 Å². The number of amides is 1. The second kappa shape index (κ2) is 20.8. The maximum absolute atomic E-state index is 11.9. The highest BCUT2D eigenvalue weighted by molar-refractivity contribution is 5.75. The molecule has 0 aliphatic carbocycles. The predicted molar refractivity (Wildman–Crippen MR) is 141 cm³/mol. The molecule has 0 saturated carbocycles. The van der Waals surface area contributed by atoms with Crippen LogP contribution in [-0.2, 0) is 4.79 Å². The largest absolute Gasteiger partial charge is 0.356 e. The van der Waals surface area contributed by atoms with Crippen molar-refractivity contribution in [3.8, 4) is 0 Å². The number of nitrogens with one attached hydrogen (secondary N) is 1. The van der Waals surface area contributed by atoms with E-state index in [1.807, 2.05) is 0 Å². The molecule has 32 heavy (non-hydrogen) atoms. The molecule has 0 bridgehead atoms. The zero-order valence-electron chi connectivity index (χ0n) is 20.6. The third-order valence-corrected chi connectivity index (χ3v) is 5.61. The fraction of sp³-hybridized carbons (Fsp3) is 0.552. The SMILES string of the molecule is CCC=CCC=CCC=CCC=CCC=CCC=CCCC(=O)NCCC1CCCN1C. The van der Waals surface area contributed by atoms with Crippen LogP contribution in [0, 0.1) is 0 Å². The van der Waals surface area contributed by atoms with E-state index in [1.54, 1.807) is 0 Å². The van der Waals surface area contributed by atoms with Gasteiger partial charge in [-0.15, -0.1) is 0 Å². The van der Waals surface area contributed by atoms with Gasteiger partial charge >= 0.3 is 0 Å². The molecule has 0 spiro atoms. The third kappa shape index (κ3) is 16.5. The van der Waals surface area contributed by atoms with Gasteiger partial charge in [-0.25, -0.2) is 0 Å². The Balaban J connectivity index is 1.93. The lowest BCUT2D eigenvalue weighted by Gasteiger charge is -2.19. The summed E-state index contributed by atoms with van der Waals surface area (Å²) in [4.78, 5) is 14.3. The standard InChI is InChI=1S/C29H46N2O/c1-3-4-5-6-7-8-9-10-11-12-13-14-15-16-17-18-19-20-21-24-29(32)30-26-25-28-23-22-27-31(28)2/h4-5,7-8,10-11,13-14,16-17,19-20,28H,3,6,9,12,15,18,21-27H2,1-2H3,(H,30,32). The van der Waals surface area contributed by atoms with E-state index in [9.17, 15) is 4.79 Å². The molecule has 0 radical (unpaired) electrons. The zero-order valence-corrected chi connectivity index (χ0v) is 20.6. The quantitative estimate of drug-likeness (QED) is 0.246. The van der Waals surface area contributed by atoms with Crippen LogP contribution in [0.2, 0.25) is 0 Å². The molecule has 0 aromatic carbocycles. The van der Waals surface area contributed by atoms with Crippen LogP contribution >= 0.6 is 0 Å². The monoisotopic (exact) mass is 438 g/mol. The van der Waals surface area contributed by atoms with E-state index >= 15 is 0 Å². The molecule has 3 nitrogen and oxygen atoms in total. The van der Waals surface area contributed by atoms with Crippen LogP contribution in [0.15, 0.2) is 72.9 Å². The highest BCUT2D eigenvalue weighted by atomic mass is 16.1. The summed E-state index contributed by atoms with van der Waals surface area (Å²) in [6, 6.07) is 0.652.